The van der Waals surface area contributed by atoms with Crippen molar-refractivity contribution >= 4 is 81.9 Å². The molecule has 3 heterocycles. The number of nitrogens with zero attached hydrogens (tertiary/aromatic N) is 2. The number of para-hydroxylation sites is 2. The first-order valence-corrected chi connectivity index (χ1v) is 15.3. The molecular formula is C42H28N2O. The summed E-state index contributed by atoms with van der Waals surface area (Å²) in [6.45, 7) is 6.16. The van der Waals surface area contributed by atoms with Crippen molar-refractivity contribution in [3.8, 4) is 11.3 Å². The summed E-state index contributed by atoms with van der Waals surface area (Å²) in [5.41, 5.74) is 8.08. The van der Waals surface area contributed by atoms with Gasteiger partial charge < -0.3 is 8.98 Å². The molecule has 0 saturated carbocycles. The van der Waals surface area contributed by atoms with E-state index in [0.717, 1.165) is 77.0 Å². The van der Waals surface area contributed by atoms with E-state index < -0.39 is 0 Å². The second kappa shape index (κ2) is 9.80. The zero-order chi connectivity index (χ0) is 30.1. The summed E-state index contributed by atoms with van der Waals surface area (Å²) in [4.78, 5) is 5.56. The van der Waals surface area contributed by atoms with Gasteiger partial charge >= 0.3 is 0 Å². The molecular weight excluding hydrogens is 548 g/mol. The van der Waals surface area contributed by atoms with Crippen LogP contribution in [0.5, 0.6) is 0 Å². The van der Waals surface area contributed by atoms with Gasteiger partial charge in [0.15, 0.2) is 0 Å². The van der Waals surface area contributed by atoms with Gasteiger partial charge in [-0.1, -0.05) is 110 Å². The molecule has 0 fully saturated rings. The number of furan rings is 1. The molecule has 0 N–H and O–H groups in total. The third-order valence-electron chi connectivity index (χ3n) is 9.06. The van der Waals surface area contributed by atoms with Crippen molar-refractivity contribution in [3.63, 3.8) is 0 Å². The second-order valence-electron chi connectivity index (χ2n) is 11.5. The van der Waals surface area contributed by atoms with E-state index in [4.69, 9.17) is 9.40 Å². The van der Waals surface area contributed by atoms with Crippen molar-refractivity contribution in [1.82, 2.24) is 9.55 Å². The Morgan fingerprint density at radius 1 is 0.667 bits per heavy atom. The number of rotatable bonds is 4. The maximum absolute atomic E-state index is 6.54. The number of allylic oxidation sites excluding steroid dienone is 5. The Balaban J connectivity index is 1.43. The average molecular weight is 577 g/mol. The third-order valence-corrected chi connectivity index (χ3v) is 9.06. The Morgan fingerprint density at radius 3 is 2.09 bits per heavy atom. The van der Waals surface area contributed by atoms with E-state index in [0.29, 0.717) is 0 Å². The molecule has 9 rings (SSSR count). The number of pyridine rings is 1. The molecule has 3 heteroatoms. The standard InChI is InChI=1S/C42H28N2O/c1-3-5-14-27(4-2)44-35-21-12-10-15-28(35)34-25-26(23-24-36(34)44)40-31-18-8-6-16-29(31)38-30-17-7-9-19-32(30)42-39(41(38)43-40)33-20-11-13-22-37(33)45-42/h3-25H,2H2,1H3/b5-3-,27-14+. The molecule has 0 bridgehead atoms. The lowest BCUT2D eigenvalue weighted by molar-refractivity contribution is 0.673. The van der Waals surface area contributed by atoms with Crippen LogP contribution in [0.1, 0.15) is 6.92 Å². The van der Waals surface area contributed by atoms with Gasteiger partial charge in [0.25, 0.3) is 0 Å². The van der Waals surface area contributed by atoms with E-state index in [1.807, 2.05) is 31.2 Å². The van der Waals surface area contributed by atoms with Crippen LogP contribution in [0.4, 0.5) is 0 Å². The predicted octanol–water partition coefficient (Wildman–Crippen LogP) is 11.8. The molecule has 0 aliphatic heterocycles. The molecule has 0 unspecified atom stereocenters. The lowest BCUT2D eigenvalue weighted by atomic mass is 9.93. The molecule has 45 heavy (non-hydrogen) atoms. The van der Waals surface area contributed by atoms with E-state index in [-0.39, 0.29) is 0 Å². The number of hydrogen-bond donors (Lipinski definition) is 0. The Hall–Kier alpha value is -5.93. The minimum atomic E-state index is 0.875. The SMILES string of the molecule is C=C/C(=C\C=C/C)n1c2ccccc2c2cc(-c3nc4c(c5ccccc35)c3ccccc3c3oc5ccccc5c43)ccc21. The topological polar surface area (TPSA) is 31.0 Å². The van der Waals surface area contributed by atoms with Crippen LogP contribution in [0, 0.1) is 0 Å². The van der Waals surface area contributed by atoms with Gasteiger partial charge in [0.05, 0.1) is 27.6 Å². The smallest absolute Gasteiger partial charge is 0.145 e. The molecule has 0 spiro atoms. The van der Waals surface area contributed by atoms with E-state index in [1.54, 1.807) is 0 Å². The Kier molecular flexibility index (Phi) is 5.56. The van der Waals surface area contributed by atoms with Crippen molar-refractivity contribution in [2.24, 2.45) is 0 Å². The van der Waals surface area contributed by atoms with E-state index >= 15 is 0 Å². The maximum Gasteiger partial charge on any atom is 0.145 e. The van der Waals surface area contributed by atoms with Gasteiger partial charge in [-0.2, -0.15) is 0 Å². The Bertz CT molecular complexity index is 2730. The molecule has 0 amide bonds. The molecule has 0 radical (unpaired) electrons. The zero-order valence-electron chi connectivity index (χ0n) is 24.8. The first kappa shape index (κ1) is 25.6. The van der Waals surface area contributed by atoms with Crippen molar-refractivity contribution in [2.45, 2.75) is 6.92 Å². The van der Waals surface area contributed by atoms with Crippen LogP contribution < -0.4 is 0 Å². The summed E-state index contributed by atoms with van der Waals surface area (Å²) >= 11 is 0. The van der Waals surface area contributed by atoms with Gasteiger partial charge in [-0.05, 0) is 54.1 Å². The Morgan fingerprint density at radius 2 is 1.31 bits per heavy atom. The van der Waals surface area contributed by atoms with E-state index in [1.165, 1.54) is 16.2 Å². The molecule has 9 aromatic rings. The normalized spacial score (nSPS) is 12.7. The van der Waals surface area contributed by atoms with E-state index in [9.17, 15) is 0 Å². The van der Waals surface area contributed by atoms with Crippen molar-refractivity contribution in [2.75, 3.05) is 0 Å². The fraction of sp³-hybridized carbons (Fsp3) is 0.0238. The highest BCUT2D eigenvalue weighted by molar-refractivity contribution is 6.34. The van der Waals surface area contributed by atoms with Crippen molar-refractivity contribution in [1.29, 1.82) is 0 Å². The summed E-state index contributed by atoms with van der Waals surface area (Å²) < 4.78 is 8.83. The molecule has 0 saturated heterocycles. The maximum atomic E-state index is 6.54. The third kappa shape index (κ3) is 3.61. The van der Waals surface area contributed by atoms with Gasteiger partial charge in [-0.3, -0.25) is 0 Å². The largest absolute Gasteiger partial charge is 0.455 e. The molecule has 3 nitrogen and oxygen atoms in total. The van der Waals surface area contributed by atoms with Gasteiger partial charge in [0, 0.05) is 43.6 Å². The highest BCUT2D eigenvalue weighted by Crippen LogP contribution is 2.45. The van der Waals surface area contributed by atoms with E-state index in [2.05, 4.69) is 126 Å². The first-order chi connectivity index (χ1) is 22.3. The number of fused-ring (bicyclic) bond motifs is 13. The van der Waals surface area contributed by atoms with Crippen molar-refractivity contribution in [3.05, 3.63) is 146 Å². The molecule has 212 valence electrons. The van der Waals surface area contributed by atoms with Crippen molar-refractivity contribution < 1.29 is 4.42 Å². The lowest BCUT2D eigenvalue weighted by Gasteiger charge is -2.14. The number of benzene rings is 6. The minimum absolute atomic E-state index is 0.875. The van der Waals surface area contributed by atoms with Crippen LogP contribution in [-0.2, 0) is 0 Å². The average Bonchev–Trinajstić information content (AvgIpc) is 3.65. The van der Waals surface area contributed by atoms with Crippen LogP contribution in [0.2, 0.25) is 0 Å². The van der Waals surface area contributed by atoms with Gasteiger partial charge in [-0.25, -0.2) is 4.98 Å². The Labute approximate surface area is 259 Å². The molecule has 0 atom stereocenters. The summed E-state index contributed by atoms with van der Waals surface area (Å²) in [7, 11) is 0. The second-order valence-corrected chi connectivity index (χ2v) is 11.5. The van der Waals surface area contributed by atoms with Gasteiger partial charge in [0.2, 0.25) is 0 Å². The van der Waals surface area contributed by atoms with Crippen LogP contribution in [0.15, 0.2) is 151 Å². The predicted molar refractivity (Wildman–Crippen MR) is 192 cm³/mol. The lowest BCUT2D eigenvalue weighted by Crippen LogP contribution is -1.94. The van der Waals surface area contributed by atoms with Crippen LogP contribution >= 0.6 is 0 Å². The summed E-state index contributed by atoms with van der Waals surface area (Å²) in [5.74, 6) is 0. The zero-order valence-corrected chi connectivity index (χ0v) is 24.8. The summed E-state index contributed by atoms with van der Waals surface area (Å²) in [5, 5.41) is 10.3. The van der Waals surface area contributed by atoms with Gasteiger partial charge in [-0.15, -0.1) is 0 Å². The summed E-state index contributed by atoms with van der Waals surface area (Å²) in [6.07, 6.45) is 8.12. The molecule has 0 aliphatic rings. The van der Waals surface area contributed by atoms with Crippen LogP contribution in [0.25, 0.3) is 93.1 Å². The summed E-state index contributed by atoms with van der Waals surface area (Å²) in [6, 6.07) is 40.8. The fourth-order valence-electron chi connectivity index (χ4n) is 7.13. The molecule has 6 aromatic carbocycles. The minimum Gasteiger partial charge on any atom is -0.455 e. The number of hydrogen-bond acceptors (Lipinski definition) is 2. The van der Waals surface area contributed by atoms with Crippen LogP contribution in [-0.4, -0.2) is 9.55 Å². The highest BCUT2D eigenvalue weighted by Gasteiger charge is 2.21. The van der Waals surface area contributed by atoms with Crippen LogP contribution in [0.3, 0.4) is 0 Å². The molecule has 3 aromatic heterocycles. The van der Waals surface area contributed by atoms with Gasteiger partial charge in [0.1, 0.15) is 11.2 Å². The highest BCUT2D eigenvalue weighted by atomic mass is 16.3. The monoisotopic (exact) mass is 576 g/mol. The number of aromatic nitrogens is 2. The quantitative estimate of drug-likeness (QED) is 0.154. The molecule has 0 aliphatic carbocycles. The fourth-order valence-corrected chi connectivity index (χ4v) is 7.13. The first-order valence-electron chi connectivity index (χ1n) is 15.3.